The topological polar surface area (TPSA) is 88.8 Å². The van der Waals surface area contributed by atoms with E-state index in [0.717, 1.165) is 11.3 Å². The zero-order valence-corrected chi connectivity index (χ0v) is 17.1. The summed E-state index contributed by atoms with van der Waals surface area (Å²) in [5.74, 6) is 0.290. The van der Waals surface area contributed by atoms with Crippen LogP contribution < -0.4 is 14.2 Å². The van der Waals surface area contributed by atoms with E-state index in [0.29, 0.717) is 23.7 Å². The lowest BCUT2D eigenvalue weighted by Gasteiger charge is -2.22. The van der Waals surface area contributed by atoms with E-state index in [4.69, 9.17) is 24.6 Å². The summed E-state index contributed by atoms with van der Waals surface area (Å²) in [6, 6.07) is 14.6. The van der Waals surface area contributed by atoms with E-state index in [-0.39, 0.29) is 12.0 Å². The number of hydrogen-bond acceptors (Lipinski definition) is 5. The molecule has 0 saturated heterocycles. The molecule has 0 aliphatic carbocycles. The summed E-state index contributed by atoms with van der Waals surface area (Å²) < 4.78 is 17.1. The van der Waals surface area contributed by atoms with Crippen LogP contribution in [0.4, 0.5) is 0 Å². The van der Waals surface area contributed by atoms with Crippen LogP contribution in [-0.4, -0.2) is 31.4 Å². The Balaban J connectivity index is 2.16. The third-order valence-corrected chi connectivity index (χ3v) is 4.16. The van der Waals surface area contributed by atoms with Gasteiger partial charge >= 0.3 is 5.97 Å². The molecule has 0 unspecified atom stereocenters. The molecule has 0 saturated carbocycles. The Labute approximate surface area is 171 Å². The van der Waals surface area contributed by atoms with Crippen LogP contribution in [0.5, 0.6) is 17.2 Å². The summed E-state index contributed by atoms with van der Waals surface area (Å²) in [7, 11) is 1.49. The summed E-state index contributed by atoms with van der Waals surface area (Å²) in [4.78, 5) is 11.1. The van der Waals surface area contributed by atoms with Crippen molar-refractivity contribution in [2.45, 2.75) is 26.2 Å². The zero-order valence-electron chi connectivity index (χ0n) is 17.1. The predicted octanol–water partition coefficient (Wildman–Crippen LogP) is 4.44. The molecule has 0 bridgehead atoms. The van der Waals surface area contributed by atoms with E-state index >= 15 is 0 Å². The molecule has 2 aromatic carbocycles. The Bertz CT molecular complexity index is 935. The number of benzene rings is 2. The van der Waals surface area contributed by atoms with E-state index < -0.39 is 11.5 Å². The quantitative estimate of drug-likeness (QED) is 0.404. The minimum atomic E-state index is -1.30. The molecule has 6 heteroatoms. The third-order valence-electron chi connectivity index (χ3n) is 4.16. The second-order valence-electron chi connectivity index (χ2n) is 7.30. The number of aliphatic carboxylic acids is 1. The number of methoxy groups -OCH3 is 1. The number of rotatable bonds is 8. The monoisotopic (exact) mass is 395 g/mol. The molecule has 152 valence electrons. The Morgan fingerprint density at radius 2 is 1.72 bits per heavy atom. The van der Waals surface area contributed by atoms with E-state index in [1.165, 1.54) is 13.2 Å². The van der Waals surface area contributed by atoms with Crippen molar-refractivity contribution in [3.05, 3.63) is 59.2 Å². The molecular formula is C23H25NO5. The molecule has 0 atom stereocenters. The minimum Gasteiger partial charge on any atom is -0.493 e. The van der Waals surface area contributed by atoms with Crippen LogP contribution in [0, 0.1) is 11.3 Å². The van der Waals surface area contributed by atoms with Gasteiger partial charge in [0.25, 0.3) is 0 Å². The summed E-state index contributed by atoms with van der Waals surface area (Å²) in [5.41, 5.74) is 1.10. The number of carbonyl (C=O) groups is 1. The first kappa shape index (κ1) is 21.8. The van der Waals surface area contributed by atoms with Crippen LogP contribution in [0.25, 0.3) is 6.08 Å². The number of carboxylic acid groups (broad SMARTS) is 1. The molecule has 2 aromatic rings. The third kappa shape index (κ3) is 5.76. The fourth-order valence-corrected chi connectivity index (χ4v) is 2.77. The first-order valence-electron chi connectivity index (χ1n) is 9.15. The lowest BCUT2D eigenvalue weighted by atomic mass is 9.86. The van der Waals surface area contributed by atoms with Crippen molar-refractivity contribution in [3.8, 4) is 23.3 Å². The van der Waals surface area contributed by atoms with Gasteiger partial charge in [0, 0.05) is 5.56 Å². The van der Waals surface area contributed by atoms with Gasteiger partial charge in [-0.2, -0.15) is 5.26 Å². The van der Waals surface area contributed by atoms with E-state index in [9.17, 15) is 4.79 Å². The normalized spacial score (nSPS) is 11.5. The van der Waals surface area contributed by atoms with Crippen LogP contribution in [-0.2, 0) is 10.2 Å². The Morgan fingerprint density at radius 3 is 2.34 bits per heavy atom. The molecule has 6 nitrogen and oxygen atoms in total. The van der Waals surface area contributed by atoms with E-state index in [1.54, 1.807) is 24.3 Å². The molecule has 0 amide bonds. The SMILES string of the molecule is COc1cccc(C=C(C#N)C(=O)O)c1OCCOc1ccccc1C(C)(C)C. The van der Waals surface area contributed by atoms with Crippen molar-refractivity contribution in [1.29, 1.82) is 5.26 Å². The molecule has 29 heavy (non-hydrogen) atoms. The van der Waals surface area contributed by atoms with Crippen LogP contribution in [0.1, 0.15) is 31.9 Å². The van der Waals surface area contributed by atoms with E-state index in [1.807, 2.05) is 24.3 Å². The molecular weight excluding hydrogens is 370 g/mol. The standard InChI is InChI=1S/C23H25NO5/c1-23(2,3)18-9-5-6-10-19(18)28-12-13-29-21-16(8-7-11-20(21)27-4)14-17(15-24)22(25)26/h5-11,14H,12-13H2,1-4H3,(H,25,26). The van der Waals surface area contributed by atoms with E-state index in [2.05, 4.69) is 20.8 Å². The van der Waals surface area contributed by atoms with Crippen LogP contribution in [0.2, 0.25) is 0 Å². The smallest absolute Gasteiger partial charge is 0.346 e. The van der Waals surface area contributed by atoms with Gasteiger partial charge in [0.1, 0.15) is 30.6 Å². The molecule has 0 radical (unpaired) electrons. The van der Waals surface area contributed by atoms with Crippen LogP contribution >= 0.6 is 0 Å². The Hall–Kier alpha value is -3.46. The number of nitrogens with zero attached hydrogens (tertiary/aromatic N) is 1. The highest BCUT2D eigenvalue weighted by Gasteiger charge is 2.18. The molecule has 0 heterocycles. The largest absolute Gasteiger partial charge is 0.493 e. The van der Waals surface area contributed by atoms with Gasteiger partial charge in [-0.25, -0.2) is 4.79 Å². The maximum absolute atomic E-state index is 11.1. The first-order valence-corrected chi connectivity index (χ1v) is 9.15. The number of carboxylic acids is 1. The summed E-state index contributed by atoms with van der Waals surface area (Å²) in [5, 5.41) is 18.1. The van der Waals surface area contributed by atoms with Gasteiger partial charge in [-0.05, 0) is 29.2 Å². The summed E-state index contributed by atoms with van der Waals surface area (Å²) in [6.45, 7) is 6.87. The van der Waals surface area contributed by atoms with Crippen molar-refractivity contribution in [3.63, 3.8) is 0 Å². The number of hydrogen-bond donors (Lipinski definition) is 1. The lowest BCUT2D eigenvalue weighted by molar-refractivity contribution is -0.132. The fraction of sp³-hybridized carbons (Fsp3) is 0.304. The highest BCUT2D eigenvalue weighted by molar-refractivity contribution is 5.97. The van der Waals surface area contributed by atoms with Gasteiger partial charge in [0.2, 0.25) is 0 Å². The van der Waals surface area contributed by atoms with Crippen LogP contribution in [0.15, 0.2) is 48.0 Å². The zero-order chi connectivity index (χ0) is 21.4. The molecule has 1 N–H and O–H groups in total. The van der Waals surface area contributed by atoms with Gasteiger partial charge in [-0.15, -0.1) is 0 Å². The van der Waals surface area contributed by atoms with Gasteiger partial charge in [-0.1, -0.05) is 51.1 Å². The molecule has 0 fully saturated rings. The summed E-state index contributed by atoms with van der Waals surface area (Å²) in [6.07, 6.45) is 1.26. The molecule has 2 rings (SSSR count). The average molecular weight is 395 g/mol. The highest BCUT2D eigenvalue weighted by atomic mass is 16.5. The van der Waals surface area contributed by atoms with Crippen molar-refractivity contribution < 1.29 is 24.1 Å². The second kappa shape index (κ2) is 9.65. The number of para-hydroxylation sites is 2. The number of nitriles is 1. The minimum absolute atomic E-state index is 0.0530. The predicted molar refractivity (Wildman–Crippen MR) is 110 cm³/mol. The molecule has 0 aliphatic heterocycles. The fourth-order valence-electron chi connectivity index (χ4n) is 2.77. The van der Waals surface area contributed by atoms with Crippen molar-refractivity contribution in [1.82, 2.24) is 0 Å². The molecule has 0 aliphatic rings. The van der Waals surface area contributed by atoms with Crippen molar-refractivity contribution in [2.75, 3.05) is 20.3 Å². The number of ether oxygens (including phenoxy) is 3. The summed E-state index contributed by atoms with van der Waals surface area (Å²) >= 11 is 0. The van der Waals surface area contributed by atoms with Gasteiger partial charge in [0.15, 0.2) is 11.5 Å². The Kier molecular flexibility index (Phi) is 7.27. The maximum Gasteiger partial charge on any atom is 0.346 e. The van der Waals surface area contributed by atoms with Gasteiger partial charge < -0.3 is 19.3 Å². The maximum atomic E-state index is 11.1. The van der Waals surface area contributed by atoms with Gasteiger partial charge in [-0.3, -0.25) is 0 Å². The Morgan fingerprint density at radius 1 is 1.07 bits per heavy atom. The average Bonchev–Trinajstić information content (AvgIpc) is 2.69. The molecule has 0 spiro atoms. The second-order valence-corrected chi connectivity index (χ2v) is 7.30. The molecule has 0 aromatic heterocycles. The first-order chi connectivity index (χ1) is 13.8. The van der Waals surface area contributed by atoms with Gasteiger partial charge in [0.05, 0.1) is 7.11 Å². The highest BCUT2D eigenvalue weighted by Crippen LogP contribution is 2.33. The lowest BCUT2D eigenvalue weighted by Crippen LogP contribution is -2.16. The van der Waals surface area contributed by atoms with Crippen molar-refractivity contribution >= 4 is 12.0 Å². The van der Waals surface area contributed by atoms with Crippen molar-refractivity contribution in [2.24, 2.45) is 0 Å². The van der Waals surface area contributed by atoms with Crippen LogP contribution in [0.3, 0.4) is 0 Å².